The van der Waals surface area contributed by atoms with Crippen LogP contribution < -0.4 is 0 Å². The van der Waals surface area contributed by atoms with E-state index in [0.717, 1.165) is 5.56 Å². The Balaban J connectivity index is 2.38. The third-order valence-electron chi connectivity index (χ3n) is 2.63. The van der Waals surface area contributed by atoms with Crippen LogP contribution in [-0.2, 0) is 13.0 Å². The molecule has 6 heteroatoms. The molecule has 0 atom stereocenters. The predicted molar refractivity (Wildman–Crippen MR) is 68.8 cm³/mol. The Kier molecular flexibility index (Phi) is 3.62. The lowest BCUT2D eigenvalue weighted by Crippen LogP contribution is -2.02. The van der Waals surface area contributed by atoms with Gasteiger partial charge in [-0.2, -0.15) is 5.10 Å². The smallest absolute Gasteiger partial charge is 0.258 e. The van der Waals surface area contributed by atoms with Gasteiger partial charge in [0.25, 0.3) is 0 Å². The maximum atomic E-state index is 10.9. The molecule has 5 nitrogen and oxygen atoms in total. The average Bonchev–Trinajstić information content (AvgIpc) is 2.67. The molecule has 0 unspecified atom stereocenters. The van der Waals surface area contributed by atoms with Crippen molar-refractivity contribution in [1.82, 2.24) is 9.78 Å². The number of aryl methyl sites for hydroxylation is 1. The number of nitro groups is 1. The molecule has 0 saturated heterocycles. The summed E-state index contributed by atoms with van der Waals surface area (Å²) in [6.45, 7) is 2.25. The van der Waals surface area contributed by atoms with Gasteiger partial charge in [0.15, 0.2) is 0 Å². The largest absolute Gasteiger partial charge is 0.329 e. The lowest BCUT2D eigenvalue weighted by Gasteiger charge is -2.01. The van der Waals surface area contributed by atoms with Crippen molar-refractivity contribution in [3.05, 3.63) is 56.9 Å². The van der Waals surface area contributed by atoms with Crippen LogP contribution in [0.5, 0.6) is 0 Å². The lowest BCUT2D eigenvalue weighted by molar-refractivity contribution is -0.385. The summed E-state index contributed by atoms with van der Waals surface area (Å²) in [6.07, 6.45) is 0.484. The summed E-state index contributed by atoms with van der Waals surface area (Å²) in [4.78, 5) is 10.5. The van der Waals surface area contributed by atoms with Gasteiger partial charge in [0.1, 0.15) is 5.69 Å². The molecular weight excluding hydrogens is 254 g/mol. The first-order valence-corrected chi connectivity index (χ1v) is 5.94. The Morgan fingerprint density at radius 1 is 1.39 bits per heavy atom. The fourth-order valence-electron chi connectivity index (χ4n) is 1.76. The van der Waals surface area contributed by atoms with E-state index >= 15 is 0 Å². The van der Waals surface area contributed by atoms with Gasteiger partial charge in [-0.15, -0.1) is 0 Å². The zero-order chi connectivity index (χ0) is 13.1. The molecule has 0 radical (unpaired) electrons. The first-order valence-electron chi connectivity index (χ1n) is 5.57. The van der Waals surface area contributed by atoms with Gasteiger partial charge >= 0.3 is 5.69 Å². The molecule has 0 aliphatic carbocycles. The molecule has 0 bridgehead atoms. The van der Waals surface area contributed by atoms with Crippen molar-refractivity contribution in [2.75, 3.05) is 0 Å². The molecule has 1 heterocycles. The Labute approximate surface area is 109 Å². The van der Waals surface area contributed by atoms with Crippen molar-refractivity contribution >= 4 is 17.3 Å². The molecule has 0 fully saturated rings. The molecule has 2 aromatic rings. The van der Waals surface area contributed by atoms with Crippen molar-refractivity contribution in [1.29, 1.82) is 0 Å². The third kappa shape index (κ3) is 2.36. The minimum absolute atomic E-state index is 0.0840. The van der Waals surface area contributed by atoms with Crippen LogP contribution in [0.25, 0.3) is 0 Å². The summed E-state index contributed by atoms with van der Waals surface area (Å²) in [5.41, 5.74) is 1.33. The standard InChI is InChI=1S/C12H12ClN3O2/c1-2-10-11(16(17)18)12(13)15(14-10)8-9-6-4-3-5-7-9/h3-7H,2,8H2,1H3. The summed E-state index contributed by atoms with van der Waals surface area (Å²) in [5, 5.41) is 15.2. The van der Waals surface area contributed by atoms with Crippen LogP contribution in [0.3, 0.4) is 0 Å². The fourth-order valence-corrected chi connectivity index (χ4v) is 2.03. The number of halogens is 1. The normalized spacial score (nSPS) is 10.6. The lowest BCUT2D eigenvalue weighted by atomic mass is 10.2. The number of rotatable bonds is 4. The quantitative estimate of drug-likeness (QED) is 0.630. The minimum Gasteiger partial charge on any atom is -0.258 e. The highest BCUT2D eigenvalue weighted by Crippen LogP contribution is 2.29. The maximum absolute atomic E-state index is 10.9. The highest BCUT2D eigenvalue weighted by atomic mass is 35.5. The molecule has 0 saturated carbocycles. The van der Waals surface area contributed by atoms with Gasteiger partial charge in [-0.25, -0.2) is 4.68 Å². The van der Waals surface area contributed by atoms with Gasteiger partial charge in [0.2, 0.25) is 5.15 Å². The SMILES string of the molecule is CCc1nn(Cc2ccccc2)c(Cl)c1[N+](=O)[O-]. The minimum atomic E-state index is -0.477. The van der Waals surface area contributed by atoms with Gasteiger partial charge in [-0.05, 0) is 12.0 Å². The van der Waals surface area contributed by atoms with Gasteiger partial charge in [-0.3, -0.25) is 10.1 Å². The molecule has 94 valence electrons. The number of hydrogen-bond acceptors (Lipinski definition) is 3. The molecule has 1 aromatic heterocycles. The van der Waals surface area contributed by atoms with E-state index in [9.17, 15) is 10.1 Å². The van der Waals surface area contributed by atoms with E-state index in [1.165, 1.54) is 4.68 Å². The Morgan fingerprint density at radius 3 is 2.56 bits per heavy atom. The van der Waals surface area contributed by atoms with Crippen molar-refractivity contribution < 1.29 is 4.92 Å². The topological polar surface area (TPSA) is 61.0 Å². The number of nitrogens with zero attached hydrogens (tertiary/aromatic N) is 3. The van der Waals surface area contributed by atoms with Crippen molar-refractivity contribution in [3.63, 3.8) is 0 Å². The number of aromatic nitrogens is 2. The van der Waals surface area contributed by atoms with Gasteiger partial charge in [0, 0.05) is 0 Å². The first-order chi connectivity index (χ1) is 8.63. The van der Waals surface area contributed by atoms with Crippen molar-refractivity contribution in [2.24, 2.45) is 0 Å². The van der Waals surface area contributed by atoms with E-state index in [2.05, 4.69) is 5.10 Å². The van der Waals surface area contributed by atoms with Crippen molar-refractivity contribution in [3.8, 4) is 0 Å². The Bertz CT molecular complexity index is 566. The van der Waals surface area contributed by atoms with E-state index in [1.54, 1.807) is 0 Å². The van der Waals surface area contributed by atoms with Crippen LogP contribution in [0.1, 0.15) is 18.2 Å². The van der Waals surface area contributed by atoms with Crippen LogP contribution in [0.15, 0.2) is 30.3 Å². The molecule has 0 aliphatic rings. The van der Waals surface area contributed by atoms with Gasteiger partial charge < -0.3 is 0 Å². The van der Waals surface area contributed by atoms with Crippen molar-refractivity contribution in [2.45, 2.75) is 19.9 Å². The van der Waals surface area contributed by atoms with Crippen LogP contribution in [-0.4, -0.2) is 14.7 Å². The number of benzene rings is 1. The molecule has 0 amide bonds. The summed E-state index contributed by atoms with van der Waals surface area (Å²) in [7, 11) is 0. The molecular formula is C12H12ClN3O2. The van der Waals surface area contributed by atoms with E-state index in [4.69, 9.17) is 11.6 Å². The second-order valence-electron chi connectivity index (χ2n) is 3.84. The van der Waals surface area contributed by atoms with Crippen LogP contribution in [0, 0.1) is 10.1 Å². The molecule has 0 spiro atoms. The van der Waals surface area contributed by atoms with Crippen LogP contribution in [0.4, 0.5) is 5.69 Å². The van der Waals surface area contributed by atoms with Gasteiger partial charge in [-0.1, -0.05) is 48.9 Å². The maximum Gasteiger partial charge on any atom is 0.329 e. The Hall–Kier alpha value is -1.88. The second kappa shape index (κ2) is 5.18. The fraction of sp³-hybridized carbons (Fsp3) is 0.250. The Morgan fingerprint density at radius 2 is 2.06 bits per heavy atom. The molecule has 0 N–H and O–H groups in total. The van der Waals surface area contributed by atoms with E-state index in [0.29, 0.717) is 18.7 Å². The summed E-state index contributed by atoms with van der Waals surface area (Å²) >= 11 is 6.01. The zero-order valence-corrected chi connectivity index (χ0v) is 10.6. The summed E-state index contributed by atoms with van der Waals surface area (Å²) in [6, 6.07) is 9.57. The van der Waals surface area contributed by atoms with E-state index in [-0.39, 0.29) is 10.8 Å². The van der Waals surface area contributed by atoms with Crippen LogP contribution in [0.2, 0.25) is 5.15 Å². The summed E-state index contributed by atoms with van der Waals surface area (Å²) < 4.78 is 1.47. The molecule has 18 heavy (non-hydrogen) atoms. The van der Waals surface area contributed by atoms with E-state index in [1.807, 2.05) is 37.3 Å². The second-order valence-corrected chi connectivity index (χ2v) is 4.20. The zero-order valence-electron chi connectivity index (χ0n) is 9.84. The van der Waals surface area contributed by atoms with Gasteiger partial charge in [0.05, 0.1) is 11.5 Å². The highest BCUT2D eigenvalue weighted by molar-refractivity contribution is 6.31. The average molecular weight is 266 g/mol. The third-order valence-corrected chi connectivity index (χ3v) is 3.00. The molecule has 1 aromatic carbocycles. The summed E-state index contributed by atoms with van der Waals surface area (Å²) in [5.74, 6) is 0. The first kappa shape index (κ1) is 12.6. The highest BCUT2D eigenvalue weighted by Gasteiger charge is 2.25. The van der Waals surface area contributed by atoms with E-state index < -0.39 is 4.92 Å². The van der Waals surface area contributed by atoms with Crippen LogP contribution >= 0.6 is 11.6 Å². The monoisotopic (exact) mass is 265 g/mol. The molecule has 0 aliphatic heterocycles. The molecule has 2 rings (SSSR count). The number of hydrogen-bond donors (Lipinski definition) is 0. The predicted octanol–water partition coefficient (Wildman–Crippen LogP) is 3.06.